The van der Waals surface area contributed by atoms with Crippen LogP contribution in [-0.4, -0.2) is 41.9 Å². The van der Waals surface area contributed by atoms with Gasteiger partial charge in [0.1, 0.15) is 17.4 Å². The van der Waals surface area contributed by atoms with Crippen molar-refractivity contribution >= 4 is 40.9 Å². The zero-order chi connectivity index (χ0) is 27.4. The van der Waals surface area contributed by atoms with E-state index in [9.17, 15) is 27.2 Å². The molecule has 0 unspecified atom stereocenters. The highest BCUT2D eigenvalue weighted by molar-refractivity contribution is 7.79. The van der Waals surface area contributed by atoms with Crippen LogP contribution in [0.25, 0.3) is 0 Å². The first kappa shape index (κ1) is 28.0. The van der Waals surface area contributed by atoms with Crippen molar-refractivity contribution in [3.05, 3.63) is 53.1 Å². The number of amides is 2. The maximum absolute atomic E-state index is 14.8. The van der Waals surface area contributed by atoms with Gasteiger partial charge in [-0.05, 0) is 37.1 Å². The molecule has 0 aliphatic heterocycles. The Kier molecular flexibility index (Phi) is 8.48. The molecular weight excluding hydrogens is 510 g/mol. The molecule has 1 aliphatic carbocycles. The maximum atomic E-state index is 14.8. The minimum atomic E-state index is -4.84. The number of carbonyl (C=O) groups excluding carboxylic acids is 2. The highest BCUT2D eigenvalue weighted by Gasteiger charge is 2.46. The van der Waals surface area contributed by atoms with E-state index in [1.807, 2.05) is 0 Å². The van der Waals surface area contributed by atoms with Crippen LogP contribution < -0.4 is 15.1 Å². The van der Waals surface area contributed by atoms with E-state index in [1.54, 1.807) is 0 Å². The number of hydrogen-bond acceptors (Lipinski definition) is 5. The van der Waals surface area contributed by atoms with E-state index < -0.39 is 40.6 Å². The summed E-state index contributed by atoms with van der Waals surface area (Å²) in [4.78, 5) is 32.1. The van der Waals surface area contributed by atoms with Gasteiger partial charge >= 0.3 is 6.18 Å². The summed E-state index contributed by atoms with van der Waals surface area (Å²) in [5, 5.41) is 11.4. The zero-order valence-corrected chi connectivity index (χ0v) is 21.0. The first-order valence-corrected chi connectivity index (χ1v) is 12.0. The van der Waals surface area contributed by atoms with E-state index in [0.29, 0.717) is 31.7 Å². The molecular formula is C25H25F4N5O2S. The van der Waals surface area contributed by atoms with Gasteiger partial charge in [0.05, 0.1) is 28.5 Å². The minimum absolute atomic E-state index is 0.148. The van der Waals surface area contributed by atoms with E-state index in [0.717, 1.165) is 30.0 Å². The van der Waals surface area contributed by atoms with Gasteiger partial charge < -0.3 is 15.1 Å². The highest BCUT2D eigenvalue weighted by atomic mass is 32.1. The van der Waals surface area contributed by atoms with Gasteiger partial charge in [-0.3, -0.25) is 9.59 Å². The molecule has 37 heavy (non-hydrogen) atoms. The number of nitrogens with one attached hydrogen (secondary N) is 1. The van der Waals surface area contributed by atoms with Gasteiger partial charge in [0.15, 0.2) is 5.69 Å². The van der Waals surface area contributed by atoms with Gasteiger partial charge in [0, 0.05) is 19.8 Å². The normalized spacial score (nSPS) is 15.2. The first-order valence-electron chi connectivity index (χ1n) is 11.5. The second-order valence-corrected chi connectivity index (χ2v) is 8.94. The lowest BCUT2D eigenvalue weighted by Crippen LogP contribution is -2.59. The van der Waals surface area contributed by atoms with Gasteiger partial charge in [-0.15, -0.1) is 0 Å². The quantitative estimate of drug-likeness (QED) is 0.319. The van der Waals surface area contributed by atoms with Crippen LogP contribution in [0.5, 0.6) is 0 Å². The molecule has 196 valence electrons. The van der Waals surface area contributed by atoms with Gasteiger partial charge in [0.2, 0.25) is 0 Å². The molecule has 1 saturated carbocycles. The molecule has 0 saturated heterocycles. The summed E-state index contributed by atoms with van der Waals surface area (Å²) in [6.07, 6.45) is -0.224. The van der Waals surface area contributed by atoms with Crippen molar-refractivity contribution in [1.82, 2.24) is 10.3 Å². The number of pyridine rings is 1. The predicted molar refractivity (Wildman–Crippen MR) is 134 cm³/mol. The molecule has 1 fully saturated rings. The molecule has 2 aromatic rings. The molecule has 0 radical (unpaired) electrons. The smallest absolute Gasteiger partial charge is 0.355 e. The van der Waals surface area contributed by atoms with Crippen molar-refractivity contribution < 1.29 is 27.2 Å². The molecule has 0 spiro atoms. The number of carbonyl (C=O) groups is 2. The lowest BCUT2D eigenvalue weighted by Gasteiger charge is -2.43. The fraction of sp³-hybridized carbons (Fsp3) is 0.400. The number of benzene rings is 1. The Morgan fingerprint density at radius 3 is 2.32 bits per heavy atom. The molecule has 1 aromatic heterocycles. The zero-order valence-electron chi connectivity index (χ0n) is 20.2. The Labute approximate surface area is 217 Å². The van der Waals surface area contributed by atoms with E-state index in [2.05, 4.69) is 10.3 Å². The number of hydrogen-bond donors (Lipinski definition) is 1. The number of nitrogens with zero attached hydrogens (tertiary/aromatic N) is 4. The maximum Gasteiger partial charge on any atom is 0.419 e. The summed E-state index contributed by atoms with van der Waals surface area (Å²) in [6.45, 7) is 0. The number of thiocarbonyl (C=S) groups is 1. The van der Waals surface area contributed by atoms with Crippen molar-refractivity contribution in [3.63, 3.8) is 0 Å². The average Bonchev–Trinajstić information content (AvgIpc) is 3.14. The summed E-state index contributed by atoms with van der Waals surface area (Å²) in [6, 6.07) is 6.01. The topological polar surface area (TPSA) is 89.3 Å². The van der Waals surface area contributed by atoms with Crippen LogP contribution in [0.1, 0.15) is 60.1 Å². The van der Waals surface area contributed by atoms with Crippen LogP contribution in [0.2, 0.25) is 0 Å². The van der Waals surface area contributed by atoms with Crippen LogP contribution >= 0.6 is 12.2 Å². The Hall–Kier alpha value is -3.59. The summed E-state index contributed by atoms with van der Waals surface area (Å²) < 4.78 is 55.4. The largest absolute Gasteiger partial charge is 0.419 e. The van der Waals surface area contributed by atoms with Crippen molar-refractivity contribution in [3.8, 4) is 6.07 Å². The number of aromatic nitrogens is 1. The molecule has 1 N–H and O–H groups in total. The Bertz CT molecular complexity index is 1240. The third-order valence-electron chi connectivity index (χ3n) is 6.57. The lowest BCUT2D eigenvalue weighted by molar-refractivity contribution is -0.138. The van der Waals surface area contributed by atoms with E-state index in [4.69, 9.17) is 17.5 Å². The van der Waals surface area contributed by atoms with Gasteiger partial charge in [-0.25, -0.2) is 9.37 Å². The van der Waals surface area contributed by atoms with E-state index in [1.165, 1.54) is 42.7 Å². The molecule has 3 rings (SSSR count). The van der Waals surface area contributed by atoms with Crippen molar-refractivity contribution in [2.45, 2.75) is 50.2 Å². The van der Waals surface area contributed by atoms with Gasteiger partial charge in [-0.1, -0.05) is 37.9 Å². The second kappa shape index (κ2) is 11.2. The molecule has 1 heterocycles. The second-order valence-electron chi connectivity index (χ2n) is 8.73. The monoisotopic (exact) mass is 535 g/mol. The SMILES string of the molecule is CNC(=O)c1ccc(N(C=S)C2(C(=O)N(C)c3cnc(C#N)c(C(F)(F)F)c3)CCCCCC2)cc1F. The summed E-state index contributed by atoms with van der Waals surface area (Å²) in [5.74, 6) is -1.98. The Balaban J connectivity index is 2.10. The number of rotatable bonds is 6. The number of nitriles is 1. The summed E-state index contributed by atoms with van der Waals surface area (Å²) in [5.41, 5.74) is -2.24. The fourth-order valence-electron chi connectivity index (χ4n) is 4.62. The van der Waals surface area contributed by atoms with E-state index >= 15 is 0 Å². The fourth-order valence-corrected chi connectivity index (χ4v) is 4.95. The number of anilines is 2. The van der Waals surface area contributed by atoms with Crippen LogP contribution in [0, 0.1) is 17.1 Å². The Morgan fingerprint density at radius 2 is 1.81 bits per heavy atom. The molecule has 12 heteroatoms. The molecule has 0 atom stereocenters. The molecule has 1 aliphatic rings. The molecule has 0 bridgehead atoms. The number of likely N-dealkylation sites (N-methyl/N-ethyl adjacent to an activating group) is 1. The van der Waals surface area contributed by atoms with Crippen LogP contribution in [0.4, 0.5) is 28.9 Å². The lowest BCUT2D eigenvalue weighted by atomic mass is 9.86. The standard InChI is InChI=1S/C25H25F4N5O2S/c1-31-22(35)18-8-7-16(12-20(18)26)34(15-37)24(9-5-3-4-6-10-24)23(36)33(2)17-11-19(25(27,28)29)21(13-30)32-14-17/h7-8,11-12,14-15H,3-6,9-10H2,1-2H3,(H,31,35). The minimum Gasteiger partial charge on any atom is -0.355 e. The third kappa shape index (κ3) is 5.56. The molecule has 7 nitrogen and oxygen atoms in total. The van der Waals surface area contributed by atoms with Crippen molar-refractivity contribution in [1.29, 1.82) is 5.26 Å². The van der Waals surface area contributed by atoms with E-state index in [-0.39, 0.29) is 16.9 Å². The number of alkyl halides is 3. The predicted octanol–water partition coefficient (Wildman–Crippen LogP) is 4.99. The number of halogens is 4. The third-order valence-corrected chi connectivity index (χ3v) is 6.79. The van der Waals surface area contributed by atoms with Gasteiger partial charge in [0.25, 0.3) is 11.8 Å². The summed E-state index contributed by atoms with van der Waals surface area (Å²) >= 11 is 5.26. The van der Waals surface area contributed by atoms with Crippen molar-refractivity contribution in [2.24, 2.45) is 0 Å². The van der Waals surface area contributed by atoms with Crippen LogP contribution in [-0.2, 0) is 11.0 Å². The van der Waals surface area contributed by atoms with Crippen molar-refractivity contribution in [2.75, 3.05) is 23.9 Å². The van der Waals surface area contributed by atoms with Gasteiger partial charge in [-0.2, -0.15) is 18.4 Å². The highest BCUT2D eigenvalue weighted by Crippen LogP contribution is 2.39. The van der Waals surface area contributed by atoms with Crippen LogP contribution in [0.3, 0.4) is 0 Å². The average molecular weight is 536 g/mol. The molecule has 2 amide bonds. The first-order chi connectivity index (χ1) is 17.5. The van der Waals surface area contributed by atoms with Crippen LogP contribution in [0.15, 0.2) is 30.5 Å². The Morgan fingerprint density at radius 1 is 1.16 bits per heavy atom. The molecule has 1 aromatic carbocycles. The summed E-state index contributed by atoms with van der Waals surface area (Å²) in [7, 11) is 2.70.